The molecular weight excluding hydrogens is 250 g/mol. The van der Waals surface area contributed by atoms with E-state index < -0.39 is 0 Å². The number of rotatable bonds is 7. The summed E-state index contributed by atoms with van der Waals surface area (Å²) in [5, 5.41) is 2.79. The van der Waals surface area contributed by atoms with E-state index in [0.29, 0.717) is 18.7 Å². The second-order valence-electron chi connectivity index (χ2n) is 4.09. The van der Waals surface area contributed by atoms with Crippen molar-refractivity contribution >= 4 is 17.5 Å². The third-order valence-electron chi connectivity index (χ3n) is 2.50. The van der Waals surface area contributed by atoms with Crippen molar-refractivity contribution in [3.05, 3.63) is 29.8 Å². The molecule has 1 rings (SSSR count). The SMILES string of the molecule is CCCOc1cccc(C(=O)NCC(Cl)CC)c1. The molecule has 0 saturated heterocycles. The van der Waals surface area contributed by atoms with Crippen LogP contribution < -0.4 is 10.1 Å². The minimum absolute atomic E-state index is 0.0199. The lowest BCUT2D eigenvalue weighted by Gasteiger charge is -2.10. The van der Waals surface area contributed by atoms with Gasteiger partial charge in [0.1, 0.15) is 5.75 Å². The highest BCUT2D eigenvalue weighted by Gasteiger charge is 2.08. The first kappa shape index (κ1) is 14.8. The van der Waals surface area contributed by atoms with Crippen LogP contribution in [0.1, 0.15) is 37.0 Å². The Morgan fingerprint density at radius 2 is 2.22 bits per heavy atom. The quantitative estimate of drug-likeness (QED) is 0.772. The second kappa shape index (κ2) is 7.98. The summed E-state index contributed by atoms with van der Waals surface area (Å²) in [6.45, 7) is 5.17. The predicted octanol–water partition coefficient (Wildman–Crippen LogP) is 3.22. The fraction of sp³-hybridized carbons (Fsp3) is 0.500. The zero-order chi connectivity index (χ0) is 13.4. The van der Waals surface area contributed by atoms with E-state index in [2.05, 4.69) is 5.32 Å². The molecule has 0 radical (unpaired) electrons. The van der Waals surface area contributed by atoms with Gasteiger partial charge in [0.2, 0.25) is 0 Å². The molecule has 0 heterocycles. The molecule has 0 spiro atoms. The van der Waals surface area contributed by atoms with Crippen LogP contribution >= 0.6 is 11.6 Å². The molecule has 1 aromatic carbocycles. The Balaban J connectivity index is 2.56. The summed E-state index contributed by atoms with van der Waals surface area (Å²) in [7, 11) is 0. The van der Waals surface area contributed by atoms with E-state index in [1.54, 1.807) is 12.1 Å². The predicted molar refractivity (Wildman–Crippen MR) is 74.5 cm³/mol. The number of alkyl halides is 1. The smallest absolute Gasteiger partial charge is 0.251 e. The van der Waals surface area contributed by atoms with Crippen LogP contribution in [-0.4, -0.2) is 24.4 Å². The highest BCUT2D eigenvalue weighted by molar-refractivity contribution is 6.20. The molecule has 0 aromatic heterocycles. The number of halogens is 1. The second-order valence-corrected chi connectivity index (χ2v) is 4.71. The average molecular weight is 270 g/mol. The maximum Gasteiger partial charge on any atom is 0.251 e. The molecule has 1 atom stereocenters. The van der Waals surface area contributed by atoms with Gasteiger partial charge >= 0.3 is 0 Å². The molecule has 1 amide bonds. The van der Waals surface area contributed by atoms with E-state index in [1.807, 2.05) is 26.0 Å². The maximum atomic E-state index is 11.9. The van der Waals surface area contributed by atoms with E-state index in [9.17, 15) is 4.79 Å². The van der Waals surface area contributed by atoms with Crippen molar-refractivity contribution in [3.63, 3.8) is 0 Å². The molecule has 0 fully saturated rings. The van der Waals surface area contributed by atoms with Gasteiger partial charge in [-0.2, -0.15) is 0 Å². The minimum Gasteiger partial charge on any atom is -0.494 e. The third kappa shape index (κ3) is 4.96. The van der Waals surface area contributed by atoms with Gasteiger partial charge in [0, 0.05) is 12.1 Å². The molecule has 100 valence electrons. The van der Waals surface area contributed by atoms with E-state index in [4.69, 9.17) is 16.3 Å². The Morgan fingerprint density at radius 1 is 1.44 bits per heavy atom. The summed E-state index contributed by atoms with van der Waals surface area (Å²) in [5.41, 5.74) is 0.601. The summed E-state index contributed by atoms with van der Waals surface area (Å²) >= 11 is 5.96. The summed E-state index contributed by atoms with van der Waals surface area (Å²) in [5.74, 6) is 0.610. The summed E-state index contributed by atoms with van der Waals surface area (Å²) in [6.07, 6.45) is 1.78. The van der Waals surface area contributed by atoms with Crippen LogP contribution in [0.3, 0.4) is 0 Å². The van der Waals surface area contributed by atoms with Gasteiger partial charge in [-0.15, -0.1) is 11.6 Å². The molecule has 1 unspecified atom stereocenters. The van der Waals surface area contributed by atoms with Crippen molar-refractivity contribution in [2.75, 3.05) is 13.2 Å². The monoisotopic (exact) mass is 269 g/mol. The Kier molecular flexibility index (Phi) is 6.58. The molecule has 3 nitrogen and oxygen atoms in total. The van der Waals surface area contributed by atoms with Gasteiger partial charge in [0.15, 0.2) is 0 Å². The number of nitrogens with one attached hydrogen (secondary N) is 1. The van der Waals surface area contributed by atoms with Gasteiger partial charge < -0.3 is 10.1 Å². The highest BCUT2D eigenvalue weighted by Crippen LogP contribution is 2.13. The summed E-state index contributed by atoms with van der Waals surface area (Å²) < 4.78 is 5.49. The van der Waals surface area contributed by atoms with Crippen molar-refractivity contribution in [1.82, 2.24) is 5.32 Å². The van der Waals surface area contributed by atoms with Gasteiger partial charge in [0.25, 0.3) is 5.91 Å². The van der Waals surface area contributed by atoms with Gasteiger partial charge in [-0.05, 0) is 31.0 Å². The van der Waals surface area contributed by atoms with E-state index >= 15 is 0 Å². The zero-order valence-corrected chi connectivity index (χ0v) is 11.7. The van der Waals surface area contributed by atoms with Crippen molar-refractivity contribution < 1.29 is 9.53 Å². The lowest BCUT2D eigenvalue weighted by atomic mass is 10.2. The van der Waals surface area contributed by atoms with Crippen molar-refractivity contribution in [2.24, 2.45) is 0 Å². The fourth-order valence-corrected chi connectivity index (χ4v) is 1.47. The van der Waals surface area contributed by atoms with E-state index in [1.165, 1.54) is 0 Å². The first-order chi connectivity index (χ1) is 8.67. The normalized spacial score (nSPS) is 11.9. The zero-order valence-electron chi connectivity index (χ0n) is 10.9. The number of carbonyl (C=O) groups excluding carboxylic acids is 1. The van der Waals surface area contributed by atoms with Crippen LogP contribution in [0.5, 0.6) is 5.75 Å². The molecule has 0 aliphatic heterocycles. The molecule has 1 aromatic rings. The van der Waals surface area contributed by atoms with Gasteiger partial charge in [-0.25, -0.2) is 0 Å². The van der Waals surface area contributed by atoms with Crippen LogP contribution in [-0.2, 0) is 0 Å². The standard InChI is InChI=1S/C14H20ClNO2/c1-3-8-18-13-7-5-6-11(9-13)14(17)16-10-12(15)4-2/h5-7,9,12H,3-4,8,10H2,1-2H3,(H,16,17). The first-order valence-electron chi connectivity index (χ1n) is 6.32. The molecule has 0 aliphatic rings. The molecule has 0 bridgehead atoms. The van der Waals surface area contributed by atoms with Crippen LogP contribution in [0.15, 0.2) is 24.3 Å². The number of carbonyl (C=O) groups is 1. The number of ether oxygens (including phenoxy) is 1. The maximum absolute atomic E-state index is 11.9. The molecule has 18 heavy (non-hydrogen) atoms. The van der Waals surface area contributed by atoms with Crippen molar-refractivity contribution in [3.8, 4) is 5.75 Å². The van der Waals surface area contributed by atoms with Crippen LogP contribution in [0.4, 0.5) is 0 Å². The molecule has 4 heteroatoms. The number of amides is 1. The highest BCUT2D eigenvalue weighted by atomic mass is 35.5. The first-order valence-corrected chi connectivity index (χ1v) is 6.76. The van der Waals surface area contributed by atoms with Gasteiger partial charge in [-0.1, -0.05) is 19.9 Å². The minimum atomic E-state index is -0.115. The van der Waals surface area contributed by atoms with Gasteiger partial charge in [0.05, 0.1) is 12.0 Å². The Labute approximate surface area is 113 Å². The molecule has 1 N–H and O–H groups in total. The van der Waals surface area contributed by atoms with Crippen LogP contribution in [0.25, 0.3) is 0 Å². The topological polar surface area (TPSA) is 38.3 Å². The van der Waals surface area contributed by atoms with Crippen molar-refractivity contribution in [2.45, 2.75) is 32.1 Å². The third-order valence-corrected chi connectivity index (χ3v) is 2.96. The molecular formula is C14H20ClNO2. The lowest BCUT2D eigenvalue weighted by Crippen LogP contribution is -2.29. The van der Waals surface area contributed by atoms with Gasteiger partial charge in [-0.3, -0.25) is 4.79 Å². The lowest BCUT2D eigenvalue weighted by molar-refractivity contribution is 0.0953. The van der Waals surface area contributed by atoms with Crippen molar-refractivity contribution in [1.29, 1.82) is 0 Å². The summed E-state index contributed by atoms with van der Waals surface area (Å²) in [4.78, 5) is 11.9. The Hall–Kier alpha value is -1.22. The van der Waals surface area contributed by atoms with E-state index in [0.717, 1.165) is 18.6 Å². The largest absolute Gasteiger partial charge is 0.494 e. The van der Waals surface area contributed by atoms with Crippen LogP contribution in [0.2, 0.25) is 0 Å². The van der Waals surface area contributed by atoms with E-state index in [-0.39, 0.29) is 11.3 Å². The number of benzene rings is 1. The Bertz CT molecular complexity index is 382. The summed E-state index contributed by atoms with van der Waals surface area (Å²) in [6, 6.07) is 7.18. The Morgan fingerprint density at radius 3 is 2.89 bits per heavy atom. The number of hydrogen-bond acceptors (Lipinski definition) is 2. The number of hydrogen-bond donors (Lipinski definition) is 1. The molecule has 0 aliphatic carbocycles. The average Bonchev–Trinajstić information content (AvgIpc) is 2.42. The van der Waals surface area contributed by atoms with Crippen LogP contribution in [0, 0.1) is 0 Å². The molecule has 0 saturated carbocycles. The fourth-order valence-electron chi connectivity index (χ4n) is 1.40.